The van der Waals surface area contributed by atoms with Crippen LogP contribution in [0.4, 0.5) is 17.5 Å². The van der Waals surface area contributed by atoms with Gasteiger partial charge in [0.05, 0.1) is 29.9 Å². The number of anilines is 3. The molecule has 10 heteroatoms. The number of nitrogens with one attached hydrogen (secondary N) is 1. The predicted octanol–water partition coefficient (Wildman–Crippen LogP) is 5.28. The molecule has 2 saturated heterocycles. The second-order valence-corrected chi connectivity index (χ2v) is 12.3. The maximum absolute atomic E-state index is 10.6. The Labute approximate surface area is 237 Å². The lowest BCUT2D eigenvalue weighted by atomic mass is 9.81. The van der Waals surface area contributed by atoms with E-state index in [1.807, 2.05) is 23.3 Å². The van der Waals surface area contributed by atoms with Gasteiger partial charge in [-0.25, -0.2) is 4.98 Å². The van der Waals surface area contributed by atoms with Crippen molar-refractivity contribution in [2.75, 3.05) is 36.4 Å². The maximum Gasteiger partial charge on any atom is 0.303 e. The summed E-state index contributed by atoms with van der Waals surface area (Å²) in [7, 11) is 0. The van der Waals surface area contributed by atoms with Crippen molar-refractivity contribution in [1.29, 1.82) is 5.26 Å². The molecule has 216 valence electrons. The first-order chi connectivity index (χ1) is 19.4. The number of aliphatic carboxylic acids is 1. The highest BCUT2D eigenvalue weighted by atomic mass is 16.4. The summed E-state index contributed by atoms with van der Waals surface area (Å²) in [6, 6.07) is 2.47. The number of carboxylic acid groups (broad SMARTS) is 1. The zero-order valence-corrected chi connectivity index (χ0v) is 23.9. The van der Waals surface area contributed by atoms with Gasteiger partial charge in [-0.3, -0.25) is 14.4 Å². The van der Waals surface area contributed by atoms with Gasteiger partial charge in [-0.05, 0) is 64.0 Å². The van der Waals surface area contributed by atoms with Crippen LogP contribution in [0.3, 0.4) is 0 Å². The number of hydrogen-bond donors (Lipinski definition) is 2. The molecule has 0 amide bonds. The minimum absolute atomic E-state index is 0.0578. The van der Waals surface area contributed by atoms with E-state index in [0.717, 1.165) is 88.3 Å². The molecular formula is C30H44N8O2. The van der Waals surface area contributed by atoms with Gasteiger partial charge in [-0.2, -0.15) is 15.3 Å². The smallest absolute Gasteiger partial charge is 0.303 e. The van der Waals surface area contributed by atoms with Crippen LogP contribution in [0.5, 0.6) is 0 Å². The summed E-state index contributed by atoms with van der Waals surface area (Å²) in [5.41, 5.74) is 2.50. The van der Waals surface area contributed by atoms with Crippen LogP contribution in [-0.4, -0.2) is 67.4 Å². The van der Waals surface area contributed by atoms with E-state index in [4.69, 9.17) is 10.1 Å². The number of aromatic nitrogens is 4. The zero-order valence-electron chi connectivity index (χ0n) is 23.9. The van der Waals surface area contributed by atoms with Crippen molar-refractivity contribution in [3.63, 3.8) is 0 Å². The molecule has 0 radical (unpaired) electrons. The van der Waals surface area contributed by atoms with E-state index in [2.05, 4.69) is 38.2 Å². The Morgan fingerprint density at radius 2 is 1.75 bits per heavy atom. The molecule has 4 heterocycles. The average molecular weight is 549 g/mol. The monoisotopic (exact) mass is 548 g/mol. The molecule has 0 aromatic carbocycles. The summed E-state index contributed by atoms with van der Waals surface area (Å²) >= 11 is 0. The van der Waals surface area contributed by atoms with Crippen molar-refractivity contribution >= 4 is 23.4 Å². The van der Waals surface area contributed by atoms with Crippen LogP contribution >= 0.6 is 0 Å². The maximum atomic E-state index is 10.6. The lowest BCUT2D eigenvalue weighted by Gasteiger charge is -2.57. The zero-order chi connectivity index (χ0) is 28.0. The number of piperidine rings is 1. The van der Waals surface area contributed by atoms with E-state index < -0.39 is 5.97 Å². The lowest BCUT2D eigenvalue weighted by Crippen LogP contribution is -2.71. The second kappa shape index (κ2) is 12.5. The lowest BCUT2D eigenvalue weighted by molar-refractivity contribution is -0.137. The molecule has 1 saturated carbocycles. The third kappa shape index (κ3) is 6.92. The van der Waals surface area contributed by atoms with Gasteiger partial charge in [-0.15, -0.1) is 0 Å². The Morgan fingerprint density at radius 1 is 1.05 bits per heavy atom. The van der Waals surface area contributed by atoms with Gasteiger partial charge >= 0.3 is 5.97 Å². The van der Waals surface area contributed by atoms with Crippen molar-refractivity contribution in [2.24, 2.45) is 5.41 Å². The Hall–Kier alpha value is -3.19. The molecule has 2 N–H and O–H groups in total. The van der Waals surface area contributed by atoms with Crippen LogP contribution in [0.1, 0.15) is 89.0 Å². The second-order valence-electron chi connectivity index (χ2n) is 12.3. The van der Waals surface area contributed by atoms with Crippen LogP contribution in [0, 0.1) is 23.7 Å². The van der Waals surface area contributed by atoms with Crippen LogP contribution in [0.25, 0.3) is 0 Å². The SMILES string of the molecule is Cc1cnc(Nc2cnn(CCCCCCCCCC(=O)O)c2)nc1N1CC(CC#N)(N2CCC3(CC2)CC3)C1. The summed E-state index contributed by atoms with van der Waals surface area (Å²) < 4.78 is 1.96. The number of nitriles is 1. The number of aryl methyl sites for hydroxylation is 2. The topological polar surface area (TPSA) is 123 Å². The van der Waals surface area contributed by atoms with E-state index in [9.17, 15) is 10.1 Å². The minimum Gasteiger partial charge on any atom is -0.481 e. The van der Waals surface area contributed by atoms with Gasteiger partial charge in [0.1, 0.15) is 5.82 Å². The largest absolute Gasteiger partial charge is 0.481 e. The van der Waals surface area contributed by atoms with E-state index in [1.54, 1.807) is 0 Å². The standard InChI is InChI=1S/C30H44N8O2/c1-24-19-32-28(34-25-20-33-38(21-25)16-8-6-4-2-3-5-7-9-26(39)40)35-27(24)36-22-30(23-36,12-15-31)37-17-13-29(10-11-29)14-18-37/h19-21H,2-14,16-18,22-23H2,1H3,(H,39,40)(H,32,34,35). The summed E-state index contributed by atoms with van der Waals surface area (Å²) in [6.07, 6.45) is 19.3. The Balaban J connectivity index is 1.07. The fraction of sp³-hybridized carbons (Fsp3) is 0.700. The average Bonchev–Trinajstić information content (AvgIpc) is 3.52. The van der Waals surface area contributed by atoms with E-state index in [-0.39, 0.29) is 12.0 Å². The molecule has 40 heavy (non-hydrogen) atoms. The molecule has 3 fully saturated rings. The van der Waals surface area contributed by atoms with Gasteiger partial charge in [0.25, 0.3) is 0 Å². The molecule has 2 aromatic heterocycles. The number of likely N-dealkylation sites (tertiary alicyclic amines) is 1. The van der Waals surface area contributed by atoms with Gasteiger partial charge in [0.2, 0.25) is 5.95 Å². The first-order valence-electron chi connectivity index (χ1n) is 15.1. The quantitative estimate of drug-likeness (QED) is 0.286. The highest BCUT2D eigenvalue weighted by Crippen LogP contribution is 2.54. The summed E-state index contributed by atoms with van der Waals surface area (Å²) in [6.45, 7) is 6.83. The van der Waals surface area contributed by atoms with Crippen LogP contribution in [-0.2, 0) is 11.3 Å². The van der Waals surface area contributed by atoms with Crippen LogP contribution < -0.4 is 10.2 Å². The Morgan fingerprint density at radius 3 is 2.42 bits per heavy atom. The molecule has 5 rings (SSSR count). The van der Waals surface area contributed by atoms with Crippen molar-refractivity contribution in [1.82, 2.24) is 24.6 Å². The summed E-state index contributed by atoms with van der Waals surface area (Å²) in [5, 5.41) is 26.1. The number of rotatable bonds is 15. The minimum atomic E-state index is -0.698. The molecule has 1 aliphatic carbocycles. The molecular weight excluding hydrogens is 504 g/mol. The third-order valence-electron chi connectivity index (χ3n) is 9.24. The van der Waals surface area contributed by atoms with Crippen LogP contribution in [0.15, 0.2) is 18.6 Å². The van der Waals surface area contributed by atoms with E-state index in [0.29, 0.717) is 17.8 Å². The Kier molecular flexibility index (Phi) is 8.89. The highest BCUT2D eigenvalue weighted by Gasteiger charge is 2.52. The molecule has 2 aliphatic heterocycles. The fourth-order valence-corrected chi connectivity index (χ4v) is 6.44. The molecule has 2 aromatic rings. The van der Waals surface area contributed by atoms with Crippen molar-refractivity contribution in [2.45, 2.75) is 102 Å². The number of carbonyl (C=O) groups is 1. The van der Waals surface area contributed by atoms with Crippen molar-refractivity contribution in [3.05, 3.63) is 24.2 Å². The third-order valence-corrected chi connectivity index (χ3v) is 9.24. The number of hydrogen-bond acceptors (Lipinski definition) is 8. The van der Waals surface area contributed by atoms with Gasteiger partial charge in [0.15, 0.2) is 0 Å². The summed E-state index contributed by atoms with van der Waals surface area (Å²) in [4.78, 5) is 24.8. The Bertz CT molecular complexity index is 1180. The van der Waals surface area contributed by atoms with Gasteiger partial charge < -0.3 is 15.3 Å². The number of nitrogens with zero attached hydrogens (tertiary/aromatic N) is 7. The molecule has 0 unspecified atom stereocenters. The van der Waals surface area contributed by atoms with E-state index >= 15 is 0 Å². The fourth-order valence-electron chi connectivity index (χ4n) is 6.44. The number of carboxylic acids is 1. The van der Waals surface area contributed by atoms with Crippen molar-refractivity contribution in [3.8, 4) is 6.07 Å². The molecule has 10 nitrogen and oxygen atoms in total. The highest BCUT2D eigenvalue weighted by molar-refractivity contribution is 5.66. The first kappa shape index (κ1) is 28.3. The molecule has 3 aliphatic rings. The predicted molar refractivity (Wildman–Crippen MR) is 154 cm³/mol. The molecule has 0 atom stereocenters. The van der Waals surface area contributed by atoms with Gasteiger partial charge in [-0.1, -0.05) is 32.1 Å². The van der Waals surface area contributed by atoms with Crippen molar-refractivity contribution < 1.29 is 9.90 Å². The van der Waals surface area contributed by atoms with E-state index in [1.165, 1.54) is 32.1 Å². The number of unbranched alkanes of at least 4 members (excludes halogenated alkanes) is 6. The van der Waals surface area contributed by atoms with Crippen LogP contribution in [0.2, 0.25) is 0 Å². The summed E-state index contributed by atoms with van der Waals surface area (Å²) in [5.74, 6) is 0.808. The normalized spacial score (nSPS) is 19.2. The van der Waals surface area contributed by atoms with Gasteiger partial charge in [0, 0.05) is 44.0 Å². The molecule has 1 spiro atoms. The molecule has 0 bridgehead atoms. The first-order valence-corrected chi connectivity index (χ1v) is 15.1.